The molecule has 4 aliphatic carbocycles. The van der Waals surface area contributed by atoms with Crippen LogP contribution in [0.5, 0.6) is 0 Å². The predicted molar refractivity (Wildman–Crippen MR) is 354 cm³/mol. The van der Waals surface area contributed by atoms with E-state index >= 15 is 0 Å². The number of rotatable bonds is 7. The summed E-state index contributed by atoms with van der Waals surface area (Å²) in [6.45, 7) is 34.9. The van der Waals surface area contributed by atoms with Crippen molar-refractivity contribution in [1.82, 2.24) is 0 Å². The molecule has 0 bridgehead atoms. The Morgan fingerprint density at radius 1 is 0.506 bits per heavy atom. The second-order valence-electron chi connectivity index (χ2n) is 31.4. The van der Waals surface area contributed by atoms with Gasteiger partial charge in [0.1, 0.15) is 0 Å². The lowest BCUT2D eigenvalue weighted by molar-refractivity contribution is 0.0763. The third-order valence-corrected chi connectivity index (χ3v) is 23.9. The second kappa shape index (κ2) is 17.8. The van der Waals surface area contributed by atoms with Crippen LogP contribution in [0.4, 0.5) is 17.1 Å². The van der Waals surface area contributed by atoms with Crippen molar-refractivity contribution < 1.29 is 0 Å². The van der Waals surface area contributed by atoms with Crippen molar-refractivity contribution in [3.05, 3.63) is 223 Å². The maximum Gasteiger partial charge on any atom is 0.247 e. The Bertz CT molecular complexity index is 4040. The van der Waals surface area contributed by atoms with E-state index in [9.17, 15) is 0 Å². The van der Waals surface area contributed by atoms with Gasteiger partial charge in [-0.1, -0.05) is 235 Å². The van der Waals surface area contributed by atoms with Crippen molar-refractivity contribution >= 4 is 40.2 Å². The molecule has 83 heavy (non-hydrogen) atoms. The van der Waals surface area contributed by atoms with E-state index in [0.717, 1.165) is 19.3 Å². The molecular formula is C81H88BN. The minimum Gasteiger partial charge on any atom is -0.311 e. The summed E-state index contributed by atoms with van der Waals surface area (Å²) in [6, 6.07) is 59.3. The Morgan fingerprint density at radius 2 is 1.19 bits per heavy atom. The number of anilines is 3. The first-order valence-electron chi connectivity index (χ1n) is 32.3. The maximum atomic E-state index is 2.84. The molecule has 0 radical (unpaired) electrons. The largest absolute Gasteiger partial charge is 0.311 e. The summed E-state index contributed by atoms with van der Waals surface area (Å²) in [4.78, 5) is 2.84. The Kier molecular flexibility index (Phi) is 11.5. The van der Waals surface area contributed by atoms with Gasteiger partial charge in [-0.25, -0.2) is 0 Å². The molecule has 0 amide bonds. The SMILES string of the molecule is Cc1cc2c3c4c1C1(C)c5ccccc5-c5cccc(c51)N4c1cc(CCC4c5ccc(C(C)(C)C)cc5C5(C)CCCCC45C)ccc1B3c1cc3c(cc1C2CCc1ccc(C(C)(C)C)cc1-c1ccccc1)C(C)(C)CCC3(C)C. The van der Waals surface area contributed by atoms with Crippen LogP contribution in [0, 0.1) is 12.3 Å². The molecule has 3 heterocycles. The van der Waals surface area contributed by atoms with Crippen molar-refractivity contribution in [2.24, 2.45) is 5.41 Å². The number of fused-ring (bicyclic) bond motifs is 14. The first-order valence-corrected chi connectivity index (χ1v) is 32.3. The van der Waals surface area contributed by atoms with Gasteiger partial charge in [0.25, 0.3) is 0 Å². The van der Waals surface area contributed by atoms with Gasteiger partial charge >= 0.3 is 0 Å². The van der Waals surface area contributed by atoms with E-state index < -0.39 is 0 Å². The average molecular weight is 1090 g/mol. The molecule has 8 aromatic carbocycles. The molecule has 0 N–H and O–H groups in total. The van der Waals surface area contributed by atoms with E-state index in [0.29, 0.717) is 5.92 Å². The summed E-state index contributed by atoms with van der Waals surface area (Å²) >= 11 is 0. The molecule has 7 aliphatic rings. The quantitative estimate of drug-likeness (QED) is 0.144. The zero-order chi connectivity index (χ0) is 57.7. The highest BCUT2D eigenvalue weighted by molar-refractivity contribution is 6.99. The van der Waals surface area contributed by atoms with Crippen LogP contribution in [0.1, 0.15) is 231 Å². The van der Waals surface area contributed by atoms with Gasteiger partial charge < -0.3 is 4.90 Å². The summed E-state index contributed by atoms with van der Waals surface area (Å²) in [5.74, 6) is 0.745. The van der Waals surface area contributed by atoms with Crippen LogP contribution in [0.2, 0.25) is 0 Å². The van der Waals surface area contributed by atoms with Crippen molar-refractivity contribution in [2.75, 3.05) is 4.90 Å². The minimum atomic E-state index is -0.311. The Morgan fingerprint density at radius 3 is 1.95 bits per heavy atom. The Balaban J connectivity index is 0.942. The van der Waals surface area contributed by atoms with Gasteiger partial charge in [-0.2, -0.15) is 0 Å². The topological polar surface area (TPSA) is 3.24 Å². The number of nitrogens with zero attached hydrogens (tertiary/aromatic N) is 1. The molecule has 15 rings (SSSR count). The van der Waals surface area contributed by atoms with E-state index in [1.165, 1.54) is 134 Å². The minimum absolute atomic E-state index is 0.0511. The Hall–Kier alpha value is -6.38. The molecular weight excluding hydrogens is 998 g/mol. The molecule has 5 unspecified atom stereocenters. The predicted octanol–water partition coefficient (Wildman–Crippen LogP) is 19.2. The standard InChI is InChI=1S/C81H88BN/c1-49-43-61-55(35-32-52-31-33-53(75(2,3)4)45-59(52)51-23-16-15-17-24-51)60-47-65-66(78(10,11)42-41-77(65,8)9)48-68(60)82-67-38-30-50(29-37-62-58-36-34-54(76(5,6)7)46-64(58)80(13)40-21-20-39-79(62,80)12)44-70(67)83-69-28-22-26-57-56-25-18-19-27-63(56)81(14,72(57)69)71(49)74(83)73(61)82/h15-19,22-28,30-31,33-34,36,38,43-48,55,62H,20-21,29,32,35,37,39-42H2,1-14H3. The van der Waals surface area contributed by atoms with Gasteiger partial charge in [0.15, 0.2) is 0 Å². The van der Waals surface area contributed by atoms with Crippen LogP contribution in [-0.2, 0) is 45.3 Å². The van der Waals surface area contributed by atoms with Gasteiger partial charge in [0.05, 0.1) is 5.69 Å². The van der Waals surface area contributed by atoms with Gasteiger partial charge in [-0.15, -0.1) is 0 Å². The molecule has 2 heteroatoms. The highest BCUT2D eigenvalue weighted by Gasteiger charge is 2.59. The highest BCUT2D eigenvalue weighted by Crippen LogP contribution is 2.67. The number of hydrogen-bond acceptors (Lipinski definition) is 1. The molecule has 5 atom stereocenters. The highest BCUT2D eigenvalue weighted by atomic mass is 15.2. The number of hydrogen-bond donors (Lipinski definition) is 0. The Labute approximate surface area is 498 Å². The fourth-order valence-electron chi connectivity index (χ4n) is 18.9. The lowest BCUT2D eigenvalue weighted by Crippen LogP contribution is -2.63. The zero-order valence-corrected chi connectivity index (χ0v) is 52.6. The van der Waals surface area contributed by atoms with Crippen molar-refractivity contribution in [3.63, 3.8) is 0 Å². The van der Waals surface area contributed by atoms with Gasteiger partial charge in [-0.05, 0) is 227 Å². The molecule has 0 aromatic heterocycles. The first-order chi connectivity index (χ1) is 39.4. The fraction of sp³-hybridized carbons (Fsp3) is 0.407. The van der Waals surface area contributed by atoms with Crippen molar-refractivity contribution in [3.8, 4) is 22.3 Å². The lowest BCUT2D eigenvalue weighted by Gasteiger charge is -2.51. The van der Waals surface area contributed by atoms with Crippen LogP contribution in [0.3, 0.4) is 0 Å². The van der Waals surface area contributed by atoms with Gasteiger partial charge in [0, 0.05) is 22.7 Å². The van der Waals surface area contributed by atoms with E-state index in [2.05, 4.69) is 247 Å². The zero-order valence-electron chi connectivity index (χ0n) is 52.6. The number of benzene rings is 8. The summed E-state index contributed by atoms with van der Waals surface area (Å²) < 4.78 is 0. The van der Waals surface area contributed by atoms with Gasteiger partial charge in [-0.3, -0.25) is 0 Å². The molecule has 1 saturated carbocycles. The molecule has 0 spiro atoms. The number of aryl methyl sites for hydroxylation is 3. The third-order valence-electron chi connectivity index (χ3n) is 23.9. The van der Waals surface area contributed by atoms with Crippen LogP contribution >= 0.6 is 0 Å². The first kappa shape index (κ1) is 53.4. The maximum absolute atomic E-state index is 2.84. The summed E-state index contributed by atoms with van der Waals surface area (Å²) in [7, 11) is 0. The van der Waals surface area contributed by atoms with Crippen LogP contribution in [-0.4, -0.2) is 6.71 Å². The summed E-state index contributed by atoms with van der Waals surface area (Å²) in [6.07, 6.45) is 11.9. The van der Waals surface area contributed by atoms with Crippen LogP contribution in [0.25, 0.3) is 22.3 Å². The molecule has 420 valence electrons. The molecule has 1 fully saturated rings. The van der Waals surface area contributed by atoms with E-state index in [-0.39, 0.29) is 50.5 Å². The normalized spacial score (nSPS) is 24.2. The average Bonchev–Trinajstić information content (AvgIpc) is 1.69. The fourth-order valence-corrected chi connectivity index (χ4v) is 18.9. The van der Waals surface area contributed by atoms with E-state index in [1.807, 2.05) is 0 Å². The van der Waals surface area contributed by atoms with Crippen molar-refractivity contribution in [1.29, 1.82) is 0 Å². The van der Waals surface area contributed by atoms with Gasteiger partial charge in [0.2, 0.25) is 6.71 Å². The second-order valence-corrected chi connectivity index (χ2v) is 31.4. The summed E-state index contributed by atoms with van der Waals surface area (Å²) in [5.41, 5.74) is 36.0. The lowest BCUT2D eigenvalue weighted by atomic mass is 9.30. The third kappa shape index (κ3) is 7.45. The molecule has 1 nitrogen and oxygen atoms in total. The monoisotopic (exact) mass is 1090 g/mol. The molecule has 8 aromatic rings. The van der Waals surface area contributed by atoms with Crippen molar-refractivity contribution in [2.45, 2.75) is 205 Å². The van der Waals surface area contributed by atoms with E-state index in [1.54, 1.807) is 44.3 Å². The molecule has 0 saturated heterocycles. The molecule has 3 aliphatic heterocycles. The van der Waals surface area contributed by atoms with Crippen LogP contribution in [0.15, 0.2) is 146 Å². The summed E-state index contributed by atoms with van der Waals surface area (Å²) in [5, 5.41) is 0. The smallest absolute Gasteiger partial charge is 0.247 e. The van der Waals surface area contributed by atoms with E-state index in [4.69, 9.17) is 0 Å². The van der Waals surface area contributed by atoms with Crippen LogP contribution < -0.4 is 21.3 Å².